The highest BCUT2D eigenvalue weighted by molar-refractivity contribution is 7.14. The predicted molar refractivity (Wildman–Crippen MR) is 113 cm³/mol. The smallest absolute Gasteiger partial charge is 0.244 e. The first-order valence-corrected chi connectivity index (χ1v) is 10.7. The number of anilines is 1. The number of rotatable bonds is 7. The third-order valence-corrected chi connectivity index (χ3v) is 5.62. The van der Waals surface area contributed by atoms with E-state index in [0.29, 0.717) is 5.92 Å². The first-order valence-electron chi connectivity index (χ1n) is 9.86. The average Bonchev–Trinajstić information content (AvgIpc) is 3.16. The van der Waals surface area contributed by atoms with Gasteiger partial charge < -0.3 is 10.2 Å². The van der Waals surface area contributed by atoms with Crippen molar-refractivity contribution >= 4 is 22.4 Å². The maximum Gasteiger partial charge on any atom is 0.244 e. The van der Waals surface area contributed by atoms with Gasteiger partial charge in [0.2, 0.25) is 5.91 Å². The summed E-state index contributed by atoms with van der Waals surface area (Å²) in [5.41, 5.74) is 2.10. The number of amides is 1. The quantitative estimate of drug-likeness (QED) is 0.791. The summed E-state index contributed by atoms with van der Waals surface area (Å²) in [6.45, 7) is 10.8. The molecule has 5 nitrogen and oxygen atoms in total. The van der Waals surface area contributed by atoms with E-state index in [1.165, 1.54) is 0 Å². The average molecular weight is 387 g/mol. The van der Waals surface area contributed by atoms with Crippen molar-refractivity contribution in [1.82, 2.24) is 15.2 Å². The number of carbonyl (C=O) groups excluding carboxylic acids is 1. The van der Waals surface area contributed by atoms with Gasteiger partial charge in [-0.25, -0.2) is 4.98 Å². The van der Waals surface area contributed by atoms with Gasteiger partial charge in [0, 0.05) is 43.7 Å². The van der Waals surface area contributed by atoms with E-state index in [0.717, 1.165) is 55.5 Å². The standard InChI is InChI=1S/C21H30N4OS/c1-4-10-22-20(26)19-14-24(13-16(2)3)11-12-25(19)21-23-18(15-27-21)17-8-6-5-7-9-17/h5-9,15-16,19H,4,10-14H2,1-3H3,(H,22,26). The Kier molecular flexibility index (Phi) is 6.85. The van der Waals surface area contributed by atoms with Crippen molar-refractivity contribution in [2.45, 2.75) is 33.2 Å². The third-order valence-electron chi connectivity index (χ3n) is 4.75. The van der Waals surface area contributed by atoms with Crippen molar-refractivity contribution in [2.24, 2.45) is 5.92 Å². The van der Waals surface area contributed by atoms with Crippen LogP contribution in [0.25, 0.3) is 11.3 Å². The van der Waals surface area contributed by atoms with Crippen LogP contribution in [0.5, 0.6) is 0 Å². The molecule has 1 atom stereocenters. The van der Waals surface area contributed by atoms with Gasteiger partial charge in [0.1, 0.15) is 6.04 Å². The maximum absolute atomic E-state index is 12.8. The molecule has 1 saturated heterocycles. The molecule has 0 radical (unpaired) electrons. The van der Waals surface area contributed by atoms with Crippen molar-refractivity contribution in [3.8, 4) is 11.3 Å². The fourth-order valence-corrected chi connectivity index (χ4v) is 4.39. The molecule has 6 heteroatoms. The highest BCUT2D eigenvalue weighted by Gasteiger charge is 2.34. The molecule has 1 N–H and O–H groups in total. The molecular formula is C21H30N4OS. The molecule has 1 fully saturated rings. The van der Waals surface area contributed by atoms with Crippen LogP contribution in [0, 0.1) is 5.92 Å². The summed E-state index contributed by atoms with van der Waals surface area (Å²) in [5, 5.41) is 6.11. The topological polar surface area (TPSA) is 48.5 Å². The van der Waals surface area contributed by atoms with Crippen LogP contribution >= 0.6 is 11.3 Å². The van der Waals surface area contributed by atoms with Gasteiger partial charge in [-0.1, -0.05) is 51.1 Å². The lowest BCUT2D eigenvalue weighted by Gasteiger charge is -2.41. The Morgan fingerprint density at radius 2 is 2.07 bits per heavy atom. The second-order valence-electron chi connectivity index (χ2n) is 7.53. The van der Waals surface area contributed by atoms with Gasteiger partial charge in [-0.05, 0) is 12.3 Å². The maximum atomic E-state index is 12.8. The van der Waals surface area contributed by atoms with E-state index in [9.17, 15) is 4.79 Å². The summed E-state index contributed by atoms with van der Waals surface area (Å²) in [6, 6.07) is 10.0. The summed E-state index contributed by atoms with van der Waals surface area (Å²) in [7, 11) is 0. The Bertz CT molecular complexity index is 731. The van der Waals surface area contributed by atoms with Crippen LogP contribution in [0.4, 0.5) is 5.13 Å². The lowest BCUT2D eigenvalue weighted by molar-refractivity contribution is -0.123. The Morgan fingerprint density at radius 3 is 2.78 bits per heavy atom. The first-order chi connectivity index (χ1) is 13.1. The molecule has 27 heavy (non-hydrogen) atoms. The fourth-order valence-electron chi connectivity index (χ4n) is 3.48. The highest BCUT2D eigenvalue weighted by atomic mass is 32.1. The second kappa shape index (κ2) is 9.33. The number of aromatic nitrogens is 1. The minimum atomic E-state index is -0.182. The number of carbonyl (C=O) groups is 1. The third kappa shape index (κ3) is 5.08. The van der Waals surface area contributed by atoms with Gasteiger partial charge in [-0.3, -0.25) is 9.69 Å². The number of benzene rings is 1. The van der Waals surface area contributed by atoms with Crippen molar-refractivity contribution in [3.63, 3.8) is 0 Å². The van der Waals surface area contributed by atoms with E-state index in [1.54, 1.807) is 11.3 Å². The predicted octanol–water partition coefficient (Wildman–Crippen LogP) is 3.48. The molecule has 0 spiro atoms. The molecule has 1 amide bonds. The molecule has 0 saturated carbocycles. The SMILES string of the molecule is CCCNC(=O)C1CN(CC(C)C)CCN1c1nc(-c2ccccc2)cs1. The molecule has 2 aromatic rings. The largest absolute Gasteiger partial charge is 0.354 e. The first kappa shape index (κ1) is 19.8. The number of nitrogens with one attached hydrogen (secondary N) is 1. The zero-order valence-corrected chi connectivity index (χ0v) is 17.3. The number of piperazine rings is 1. The second-order valence-corrected chi connectivity index (χ2v) is 8.37. The molecule has 2 heterocycles. The van der Waals surface area contributed by atoms with Crippen molar-refractivity contribution in [2.75, 3.05) is 37.6 Å². The van der Waals surface area contributed by atoms with Crippen LogP contribution in [0.3, 0.4) is 0 Å². The molecule has 1 aromatic heterocycles. The Labute approximate surface area is 166 Å². The number of thiazole rings is 1. The van der Waals surface area contributed by atoms with Gasteiger partial charge in [0.15, 0.2) is 5.13 Å². The van der Waals surface area contributed by atoms with Crippen LogP contribution in [-0.4, -0.2) is 54.6 Å². The summed E-state index contributed by atoms with van der Waals surface area (Å²) >= 11 is 1.63. The van der Waals surface area contributed by atoms with Crippen molar-refractivity contribution in [1.29, 1.82) is 0 Å². The molecule has 3 rings (SSSR count). The molecule has 1 unspecified atom stereocenters. The molecule has 1 aliphatic rings. The van der Waals surface area contributed by atoms with Gasteiger partial charge in [0.05, 0.1) is 5.69 Å². The monoisotopic (exact) mass is 386 g/mol. The number of hydrogen-bond acceptors (Lipinski definition) is 5. The zero-order chi connectivity index (χ0) is 19.2. The Hall–Kier alpha value is -1.92. The Balaban J connectivity index is 1.79. The van der Waals surface area contributed by atoms with E-state index in [-0.39, 0.29) is 11.9 Å². The number of nitrogens with zero attached hydrogens (tertiary/aromatic N) is 3. The molecule has 0 aliphatic carbocycles. The minimum absolute atomic E-state index is 0.113. The van der Waals surface area contributed by atoms with Crippen molar-refractivity contribution in [3.05, 3.63) is 35.7 Å². The lowest BCUT2D eigenvalue weighted by atomic mass is 10.1. The lowest BCUT2D eigenvalue weighted by Crippen LogP contribution is -2.59. The van der Waals surface area contributed by atoms with Gasteiger partial charge in [-0.15, -0.1) is 11.3 Å². The van der Waals surface area contributed by atoms with E-state index >= 15 is 0 Å². The molecule has 146 valence electrons. The van der Waals surface area contributed by atoms with Crippen molar-refractivity contribution < 1.29 is 4.79 Å². The molecule has 1 aliphatic heterocycles. The molecule has 1 aromatic carbocycles. The van der Waals surface area contributed by atoms with E-state index in [1.807, 2.05) is 18.2 Å². The molecular weight excluding hydrogens is 356 g/mol. The van der Waals surface area contributed by atoms with Crippen LogP contribution in [-0.2, 0) is 4.79 Å². The highest BCUT2D eigenvalue weighted by Crippen LogP contribution is 2.30. The van der Waals surface area contributed by atoms with Gasteiger partial charge in [0.25, 0.3) is 0 Å². The summed E-state index contributed by atoms with van der Waals surface area (Å²) in [4.78, 5) is 22.3. The number of hydrogen-bond donors (Lipinski definition) is 1. The fraction of sp³-hybridized carbons (Fsp3) is 0.524. The van der Waals surface area contributed by atoms with E-state index in [2.05, 4.69) is 53.4 Å². The normalized spacial score (nSPS) is 18.1. The summed E-state index contributed by atoms with van der Waals surface area (Å²) < 4.78 is 0. The molecule has 0 bridgehead atoms. The van der Waals surface area contributed by atoms with E-state index in [4.69, 9.17) is 4.98 Å². The zero-order valence-electron chi connectivity index (χ0n) is 16.5. The minimum Gasteiger partial charge on any atom is -0.354 e. The van der Waals surface area contributed by atoms with Crippen LogP contribution in [0.1, 0.15) is 27.2 Å². The van der Waals surface area contributed by atoms with Crippen LogP contribution < -0.4 is 10.2 Å². The van der Waals surface area contributed by atoms with Crippen LogP contribution in [0.15, 0.2) is 35.7 Å². The van der Waals surface area contributed by atoms with Gasteiger partial charge >= 0.3 is 0 Å². The summed E-state index contributed by atoms with van der Waals surface area (Å²) in [6.07, 6.45) is 0.948. The van der Waals surface area contributed by atoms with E-state index < -0.39 is 0 Å². The van der Waals surface area contributed by atoms with Crippen LogP contribution in [0.2, 0.25) is 0 Å². The summed E-state index contributed by atoms with van der Waals surface area (Å²) in [5.74, 6) is 0.710. The van der Waals surface area contributed by atoms with Gasteiger partial charge in [-0.2, -0.15) is 0 Å². The Morgan fingerprint density at radius 1 is 1.30 bits per heavy atom.